The van der Waals surface area contributed by atoms with Gasteiger partial charge in [-0.15, -0.1) is 0 Å². The van der Waals surface area contributed by atoms with Gasteiger partial charge in [0.2, 0.25) is 5.97 Å². The third-order valence-corrected chi connectivity index (χ3v) is 0.557. The Labute approximate surface area is 62.0 Å². The van der Waals surface area contributed by atoms with E-state index in [-0.39, 0.29) is 0 Å². The molecule has 1 nitrogen and oxygen atoms in total. The Morgan fingerprint density at radius 3 is 2.00 bits per heavy atom. The molecule has 0 aliphatic rings. The molecule has 58 valence electrons. The van der Waals surface area contributed by atoms with Gasteiger partial charge in [0.25, 0.3) is 0 Å². The molecular formula is C8H14FN. The molecule has 0 radical (unpaired) electrons. The first-order valence-electron chi connectivity index (χ1n) is 3.18. The highest BCUT2D eigenvalue weighted by atomic mass is 19.1. The Balaban J connectivity index is 0. The van der Waals surface area contributed by atoms with Gasteiger partial charge in [0.15, 0.2) is 0 Å². The van der Waals surface area contributed by atoms with Crippen LogP contribution in [0, 0.1) is 0 Å². The van der Waals surface area contributed by atoms with E-state index in [0.29, 0.717) is 5.57 Å². The number of nitrogens with zero attached hydrogens (tertiary/aromatic N) is 1. The van der Waals surface area contributed by atoms with Gasteiger partial charge in [0.1, 0.15) is 0 Å². The van der Waals surface area contributed by atoms with Crippen LogP contribution >= 0.6 is 0 Å². The molecule has 0 heterocycles. The van der Waals surface area contributed by atoms with Crippen molar-refractivity contribution in [2.45, 2.75) is 20.8 Å². The van der Waals surface area contributed by atoms with Gasteiger partial charge in [0.05, 0.1) is 0 Å². The molecule has 0 aromatic carbocycles. The summed E-state index contributed by atoms with van der Waals surface area (Å²) in [4.78, 5) is 3.24. The summed E-state index contributed by atoms with van der Waals surface area (Å²) in [6, 6.07) is 0. The van der Waals surface area contributed by atoms with Crippen LogP contribution in [0.5, 0.6) is 0 Å². The quantitative estimate of drug-likeness (QED) is 0.527. The van der Waals surface area contributed by atoms with Crippen LogP contribution in [0.4, 0.5) is 4.39 Å². The molecule has 0 spiro atoms. The normalized spacial score (nSPS) is 9.40. The van der Waals surface area contributed by atoms with E-state index in [0.717, 1.165) is 6.20 Å². The first kappa shape index (κ1) is 11.8. The van der Waals surface area contributed by atoms with E-state index in [1.165, 1.54) is 0 Å². The number of rotatable bonds is 2. The first-order valence-corrected chi connectivity index (χ1v) is 3.18. The Bertz CT molecular complexity index is 136. The van der Waals surface area contributed by atoms with Gasteiger partial charge in [-0.3, -0.25) is 0 Å². The molecule has 0 aromatic rings. The summed E-state index contributed by atoms with van der Waals surface area (Å²) < 4.78 is 12.1. The predicted molar refractivity (Wildman–Crippen MR) is 44.9 cm³/mol. The summed E-state index contributed by atoms with van der Waals surface area (Å²) in [6.45, 7) is 12.1. The lowest BCUT2D eigenvalue weighted by atomic mass is 10.4. The van der Waals surface area contributed by atoms with Crippen LogP contribution in [0.25, 0.3) is 0 Å². The fourth-order valence-corrected chi connectivity index (χ4v) is 0.190. The van der Waals surface area contributed by atoms with E-state index >= 15 is 0 Å². The zero-order chi connectivity index (χ0) is 8.57. The van der Waals surface area contributed by atoms with E-state index in [4.69, 9.17) is 0 Å². The van der Waals surface area contributed by atoms with Crippen molar-refractivity contribution in [3.05, 3.63) is 24.9 Å². The van der Waals surface area contributed by atoms with Gasteiger partial charge in [0, 0.05) is 6.20 Å². The van der Waals surface area contributed by atoms with Crippen LogP contribution in [0.15, 0.2) is 29.9 Å². The zero-order valence-corrected chi connectivity index (χ0v) is 6.82. The fourth-order valence-electron chi connectivity index (χ4n) is 0.190. The SMILES string of the molecule is C=CN=C(F)C(=C)C.CC. The second-order valence-electron chi connectivity index (χ2n) is 1.38. The third-order valence-electron chi connectivity index (χ3n) is 0.557. The summed E-state index contributed by atoms with van der Waals surface area (Å²) in [5.41, 5.74) is 0.324. The molecule has 2 heteroatoms. The highest BCUT2D eigenvalue weighted by Crippen LogP contribution is 1.93. The molecule has 0 bridgehead atoms. The fraction of sp³-hybridized carbons (Fsp3) is 0.375. The van der Waals surface area contributed by atoms with Crippen molar-refractivity contribution in [3.63, 3.8) is 0 Å². The summed E-state index contributed by atoms with van der Waals surface area (Å²) in [5.74, 6) is -0.556. The van der Waals surface area contributed by atoms with Gasteiger partial charge in [-0.1, -0.05) is 27.0 Å². The van der Waals surface area contributed by atoms with Crippen LogP contribution in [0.1, 0.15) is 20.8 Å². The molecular weight excluding hydrogens is 129 g/mol. The Kier molecular flexibility index (Phi) is 9.56. The van der Waals surface area contributed by atoms with Crippen LogP contribution < -0.4 is 0 Å². The van der Waals surface area contributed by atoms with E-state index in [1.54, 1.807) is 6.92 Å². The molecule has 0 aliphatic carbocycles. The average molecular weight is 143 g/mol. The lowest BCUT2D eigenvalue weighted by Crippen LogP contribution is -1.85. The number of allylic oxidation sites excluding steroid dienone is 1. The molecule has 0 unspecified atom stereocenters. The van der Waals surface area contributed by atoms with Gasteiger partial charge in [-0.25, -0.2) is 4.99 Å². The lowest BCUT2D eigenvalue weighted by molar-refractivity contribution is 0.804. The van der Waals surface area contributed by atoms with Crippen molar-refractivity contribution in [2.75, 3.05) is 0 Å². The molecule has 0 rings (SSSR count). The van der Waals surface area contributed by atoms with E-state index < -0.39 is 5.97 Å². The van der Waals surface area contributed by atoms with Gasteiger partial charge in [-0.2, -0.15) is 4.39 Å². The van der Waals surface area contributed by atoms with Crippen molar-refractivity contribution in [3.8, 4) is 0 Å². The smallest absolute Gasteiger partial charge is 0.215 e. The maximum absolute atomic E-state index is 12.1. The topological polar surface area (TPSA) is 12.4 Å². The summed E-state index contributed by atoms with van der Waals surface area (Å²) in [6.07, 6.45) is 1.14. The van der Waals surface area contributed by atoms with E-state index in [1.807, 2.05) is 13.8 Å². The first-order chi connectivity index (χ1) is 4.68. The molecule has 0 saturated carbocycles. The average Bonchev–Trinajstić information content (AvgIpc) is 1.93. The molecule has 0 aliphatic heterocycles. The highest BCUT2D eigenvalue weighted by molar-refractivity contribution is 5.91. The molecule has 0 atom stereocenters. The second-order valence-corrected chi connectivity index (χ2v) is 1.38. The Hall–Kier alpha value is -0.920. The summed E-state index contributed by atoms with van der Waals surface area (Å²) in [7, 11) is 0. The molecule has 0 N–H and O–H groups in total. The number of halogens is 1. The molecule has 0 saturated heterocycles. The predicted octanol–water partition coefficient (Wildman–Crippen LogP) is 3.10. The molecule has 0 fully saturated rings. The molecule has 0 aromatic heterocycles. The maximum Gasteiger partial charge on any atom is 0.215 e. The second kappa shape index (κ2) is 8.08. The van der Waals surface area contributed by atoms with Crippen molar-refractivity contribution < 1.29 is 4.39 Å². The maximum atomic E-state index is 12.1. The summed E-state index contributed by atoms with van der Waals surface area (Å²) >= 11 is 0. The van der Waals surface area contributed by atoms with Crippen LogP contribution in [-0.4, -0.2) is 5.97 Å². The minimum absolute atomic E-state index is 0.324. The zero-order valence-electron chi connectivity index (χ0n) is 6.82. The van der Waals surface area contributed by atoms with Crippen LogP contribution in [0.3, 0.4) is 0 Å². The highest BCUT2D eigenvalue weighted by Gasteiger charge is 1.91. The monoisotopic (exact) mass is 143 g/mol. The largest absolute Gasteiger partial charge is 0.229 e. The molecule has 10 heavy (non-hydrogen) atoms. The van der Waals surface area contributed by atoms with Crippen LogP contribution in [-0.2, 0) is 0 Å². The number of aliphatic imine (C=N–C) groups is 1. The number of hydrogen-bond acceptors (Lipinski definition) is 1. The summed E-state index contributed by atoms with van der Waals surface area (Å²) in [5, 5.41) is 0. The molecule has 0 amide bonds. The van der Waals surface area contributed by atoms with Crippen molar-refractivity contribution in [1.29, 1.82) is 0 Å². The Morgan fingerprint density at radius 2 is 1.90 bits per heavy atom. The van der Waals surface area contributed by atoms with E-state index in [2.05, 4.69) is 18.2 Å². The number of hydrogen-bond donors (Lipinski definition) is 0. The lowest BCUT2D eigenvalue weighted by Gasteiger charge is -1.86. The van der Waals surface area contributed by atoms with Crippen molar-refractivity contribution >= 4 is 5.97 Å². The van der Waals surface area contributed by atoms with Crippen molar-refractivity contribution in [2.24, 2.45) is 4.99 Å². The minimum atomic E-state index is -0.556. The Morgan fingerprint density at radius 1 is 1.50 bits per heavy atom. The van der Waals surface area contributed by atoms with Gasteiger partial charge in [-0.05, 0) is 12.5 Å². The van der Waals surface area contributed by atoms with Crippen LogP contribution in [0.2, 0.25) is 0 Å². The minimum Gasteiger partial charge on any atom is -0.229 e. The van der Waals surface area contributed by atoms with E-state index in [9.17, 15) is 4.39 Å². The standard InChI is InChI=1S/C6H8FN.C2H6/c1-4-8-6(7)5(2)3;1-2/h4H,1-2H2,3H3;1-2H3. The van der Waals surface area contributed by atoms with Crippen molar-refractivity contribution in [1.82, 2.24) is 0 Å². The van der Waals surface area contributed by atoms with Gasteiger partial charge < -0.3 is 0 Å². The van der Waals surface area contributed by atoms with Gasteiger partial charge >= 0.3 is 0 Å². The third kappa shape index (κ3) is 7.08.